The van der Waals surface area contributed by atoms with Crippen molar-refractivity contribution in [1.82, 2.24) is 9.62 Å². The lowest BCUT2D eigenvalue weighted by molar-refractivity contribution is -0.387. The zero-order valence-electron chi connectivity index (χ0n) is 11.8. The minimum Gasteiger partial charge on any atom is -0.315 e. The van der Waals surface area contributed by atoms with E-state index in [9.17, 15) is 18.5 Å². The molecule has 22 heavy (non-hydrogen) atoms. The number of halogens is 1. The van der Waals surface area contributed by atoms with Crippen LogP contribution in [0, 0.1) is 10.1 Å². The van der Waals surface area contributed by atoms with E-state index < -0.39 is 14.9 Å². The van der Waals surface area contributed by atoms with Crippen LogP contribution < -0.4 is 5.32 Å². The second-order valence-electron chi connectivity index (χ2n) is 5.44. The van der Waals surface area contributed by atoms with Crippen LogP contribution in [0.4, 0.5) is 5.69 Å². The van der Waals surface area contributed by atoms with E-state index in [0.29, 0.717) is 6.54 Å². The first-order valence-electron chi connectivity index (χ1n) is 6.99. The number of nitro groups is 1. The number of nitrogens with one attached hydrogen (secondary N) is 1. The average Bonchev–Trinajstić information content (AvgIpc) is 2.72. The number of hydrogen-bond acceptors (Lipinski definition) is 5. The third-order valence-corrected chi connectivity index (χ3v) is 6.26. The Balaban J connectivity index is 0.00000176. The van der Waals surface area contributed by atoms with Gasteiger partial charge in [-0.1, -0.05) is 12.1 Å². The number of benzene rings is 1. The van der Waals surface area contributed by atoms with Crippen LogP contribution in [0.15, 0.2) is 29.2 Å². The van der Waals surface area contributed by atoms with Crippen molar-refractivity contribution in [1.29, 1.82) is 0 Å². The van der Waals surface area contributed by atoms with Gasteiger partial charge in [-0.3, -0.25) is 10.1 Å². The summed E-state index contributed by atoms with van der Waals surface area (Å²) in [6.45, 7) is 1.39. The lowest BCUT2D eigenvalue weighted by atomic mass is 10.1. The first-order chi connectivity index (χ1) is 10.0. The standard InChI is InChI=1S/C13H17N3O4S.ClH/c17-16(18)12-3-1-2-4-13(12)21(19,20)15-10-5-6-11(15)9-14-8-7-10;/h1-4,10-11,14H,5-9H2;1H. The van der Waals surface area contributed by atoms with E-state index in [1.165, 1.54) is 28.6 Å². The SMILES string of the molecule is Cl.O=[N+]([O-])c1ccccc1S(=O)(=O)N1C2CCNCC1CC2. The molecule has 0 aromatic heterocycles. The summed E-state index contributed by atoms with van der Waals surface area (Å²) in [6, 6.07) is 5.40. The highest BCUT2D eigenvalue weighted by molar-refractivity contribution is 7.89. The van der Waals surface area contributed by atoms with E-state index in [4.69, 9.17) is 0 Å². The van der Waals surface area contributed by atoms with E-state index in [2.05, 4.69) is 5.32 Å². The summed E-state index contributed by atoms with van der Waals surface area (Å²) in [5.74, 6) is 0. The minimum atomic E-state index is -3.85. The van der Waals surface area contributed by atoms with Gasteiger partial charge >= 0.3 is 0 Å². The molecule has 2 aliphatic heterocycles. The molecule has 2 heterocycles. The molecule has 2 fully saturated rings. The Morgan fingerprint density at radius 3 is 2.59 bits per heavy atom. The number of fused-ring (bicyclic) bond motifs is 2. The Labute approximate surface area is 135 Å². The highest BCUT2D eigenvalue weighted by Gasteiger charge is 2.44. The third-order valence-electron chi connectivity index (χ3n) is 4.20. The van der Waals surface area contributed by atoms with Gasteiger partial charge in [-0.05, 0) is 31.9 Å². The maximum absolute atomic E-state index is 12.9. The maximum atomic E-state index is 12.9. The van der Waals surface area contributed by atoms with Crippen LogP contribution in [0.25, 0.3) is 0 Å². The smallest absolute Gasteiger partial charge is 0.289 e. The zero-order valence-corrected chi connectivity index (χ0v) is 13.5. The Morgan fingerprint density at radius 1 is 1.18 bits per heavy atom. The van der Waals surface area contributed by atoms with Crippen LogP contribution in [0.2, 0.25) is 0 Å². The summed E-state index contributed by atoms with van der Waals surface area (Å²) < 4.78 is 27.3. The number of para-hydroxylation sites is 1. The summed E-state index contributed by atoms with van der Waals surface area (Å²) >= 11 is 0. The fraction of sp³-hybridized carbons (Fsp3) is 0.538. The van der Waals surface area contributed by atoms with E-state index in [1.807, 2.05) is 0 Å². The summed E-state index contributed by atoms with van der Waals surface area (Å²) in [6.07, 6.45) is 2.38. The van der Waals surface area contributed by atoms with E-state index in [-0.39, 0.29) is 35.1 Å². The first kappa shape index (κ1) is 17.1. The molecule has 3 rings (SSSR count). The third kappa shape index (κ3) is 2.83. The zero-order chi connectivity index (χ0) is 15.0. The second kappa shape index (κ2) is 6.49. The monoisotopic (exact) mass is 347 g/mol. The van der Waals surface area contributed by atoms with Gasteiger partial charge in [0.1, 0.15) is 0 Å². The molecule has 2 saturated heterocycles. The van der Waals surface area contributed by atoms with Crippen molar-refractivity contribution >= 4 is 28.1 Å². The van der Waals surface area contributed by atoms with Gasteiger partial charge in [0.2, 0.25) is 10.0 Å². The largest absolute Gasteiger partial charge is 0.315 e. The fourth-order valence-corrected chi connectivity index (χ4v) is 5.33. The van der Waals surface area contributed by atoms with Gasteiger partial charge in [0.25, 0.3) is 5.69 Å². The summed E-state index contributed by atoms with van der Waals surface area (Å²) in [5, 5.41) is 14.3. The molecular formula is C13H18ClN3O4S. The van der Waals surface area contributed by atoms with Crippen molar-refractivity contribution in [2.45, 2.75) is 36.2 Å². The van der Waals surface area contributed by atoms with Crippen LogP contribution in [0.3, 0.4) is 0 Å². The molecule has 2 aliphatic rings. The lowest BCUT2D eigenvalue weighted by Crippen LogP contribution is -2.42. The van der Waals surface area contributed by atoms with Crippen LogP contribution in [0.1, 0.15) is 19.3 Å². The summed E-state index contributed by atoms with van der Waals surface area (Å²) in [7, 11) is -3.85. The van der Waals surface area contributed by atoms with E-state index in [0.717, 1.165) is 25.8 Å². The van der Waals surface area contributed by atoms with Gasteiger partial charge < -0.3 is 5.32 Å². The molecule has 1 aromatic carbocycles. The predicted octanol–water partition coefficient (Wildman–Crippen LogP) is 1.53. The van der Waals surface area contributed by atoms with Gasteiger partial charge in [-0.25, -0.2) is 8.42 Å². The number of nitrogens with zero attached hydrogens (tertiary/aromatic N) is 2. The van der Waals surface area contributed by atoms with Crippen molar-refractivity contribution in [3.05, 3.63) is 34.4 Å². The lowest BCUT2D eigenvalue weighted by Gasteiger charge is -2.26. The second-order valence-corrected chi connectivity index (χ2v) is 7.25. The van der Waals surface area contributed by atoms with Crippen LogP contribution in [-0.4, -0.2) is 42.8 Å². The molecule has 0 saturated carbocycles. The maximum Gasteiger partial charge on any atom is 0.289 e. The first-order valence-corrected chi connectivity index (χ1v) is 8.43. The Hall–Kier alpha value is -1.22. The molecule has 9 heteroatoms. The van der Waals surface area contributed by atoms with Crippen LogP contribution in [0.5, 0.6) is 0 Å². The van der Waals surface area contributed by atoms with Gasteiger partial charge in [-0.2, -0.15) is 4.31 Å². The molecule has 2 atom stereocenters. The Morgan fingerprint density at radius 2 is 1.86 bits per heavy atom. The van der Waals surface area contributed by atoms with Crippen molar-refractivity contribution in [3.8, 4) is 0 Å². The molecule has 0 spiro atoms. The molecule has 2 bridgehead atoms. The quantitative estimate of drug-likeness (QED) is 0.661. The predicted molar refractivity (Wildman–Crippen MR) is 83.7 cm³/mol. The molecule has 1 N–H and O–H groups in total. The highest BCUT2D eigenvalue weighted by Crippen LogP contribution is 2.36. The summed E-state index contributed by atoms with van der Waals surface area (Å²) in [5.41, 5.74) is -0.353. The van der Waals surface area contributed by atoms with Crippen molar-refractivity contribution in [2.24, 2.45) is 0 Å². The molecule has 2 unspecified atom stereocenters. The molecule has 0 amide bonds. The number of nitro benzene ring substituents is 1. The molecular weight excluding hydrogens is 330 g/mol. The normalized spacial score (nSPS) is 25.3. The van der Waals surface area contributed by atoms with Crippen molar-refractivity contribution in [2.75, 3.05) is 13.1 Å². The average molecular weight is 348 g/mol. The highest BCUT2D eigenvalue weighted by atomic mass is 35.5. The molecule has 7 nitrogen and oxygen atoms in total. The molecule has 1 aromatic rings. The number of hydrogen-bond donors (Lipinski definition) is 1. The number of rotatable bonds is 3. The topological polar surface area (TPSA) is 92.5 Å². The Bertz CT molecular complexity index is 653. The van der Waals surface area contributed by atoms with Crippen LogP contribution in [-0.2, 0) is 10.0 Å². The van der Waals surface area contributed by atoms with E-state index in [1.54, 1.807) is 0 Å². The van der Waals surface area contributed by atoms with Gasteiger partial charge in [0.05, 0.1) is 4.92 Å². The molecule has 122 valence electrons. The van der Waals surface area contributed by atoms with Crippen LogP contribution >= 0.6 is 12.4 Å². The van der Waals surface area contributed by atoms with E-state index >= 15 is 0 Å². The summed E-state index contributed by atoms with van der Waals surface area (Å²) in [4.78, 5) is 10.3. The number of sulfonamides is 1. The van der Waals surface area contributed by atoms with Gasteiger partial charge in [-0.15, -0.1) is 12.4 Å². The fourth-order valence-electron chi connectivity index (χ4n) is 3.27. The van der Waals surface area contributed by atoms with Gasteiger partial charge in [0, 0.05) is 24.7 Å². The van der Waals surface area contributed by atoms with Gasteiger partial charge in [0.15, 0.2) is 4.90 Å². The minimum absolute atomic E-state index is 0. The van der Waals surface area contributed by atoms with Crippen molar-refractivity contribution in [3.63, 3.8) is 0 Å². The molecule has 0 aliphatic carbocycles. The van der Waals surface area contributed by atoms with Crippen molar-refractivity contribution < 1.29 is 13.3 Å². The molecule has 0 radical (unpaired) electrons. The Kier molecular flexibility index (Phi) is 5.06.